The standard InChI is InChI=1S/C18H23N5O/c1-5-17-21-15-9-14(7-8-16(15)22(17)6-2)20-18(24)13(4)23-11-12(3)10-19-23/h7-11,13H,5-6H2,1-4H3,(H,20,24). The molecular weight excluding hydrogens is 302 g/mol. The molecule has 3 aromatic rings. The number of nitrogens with zero attached hydrogens (tertiary/aromatic N) is 4. The maximum atomic E-state index is 12.4. The van der Waals surface area contributed by atoms with Crippen LogP contribution in [0, 0.1) is 6.92 Å². The van der Waals surface area contributed by atoms with Crippen molar-refractivity contribution < 1.29 is 4.79 Å². The third-order valence-electron chi connectivity index (χ3n) is 4.23. The average molecular weight is 325 g/mol. The normalized spacial score (nSPS) is 12.5. The van der Waals surface area contributed by atoms with Crippen molar-refractivity contribution >= 4 is 22.6 Å². The molecule has 6 nitrogen and oxygen atoms in total. The quantitative estimate of drug-likeness (QED) is 0.782. The number of carbonyl (C=O) groups excluding carboxylic acids is 1. The molecule has 1 atom stereocenters. The second-order valence-corrected chi connectivity index (χ2v) is 5.99. The molecule has 0 fully saturated rings. The van der Waals surface area contributed by atoms with Crippen molar-refractivity contribution in [3.8, 4) is 0 Å². The maximum absolute atomic E-state index is 12.4. The van der Waals surface area contributed by atoms with Crippen molar-refractivity contribution in [2.45, 2.75) is 46.7 Å². The number of anilines is 1. The Bertz CT molecular complexity index is 877. The maximum Gasteiger partial charge on any atom is 0.248 e. The summed E-state index contributed by atoms with van der Waals surface area (Å²) in [5.74, 6) is 0.972. The first-order valence-corrected chi connectivity index (χ1v) is 8.34. The van der Waals surface area contributed by atoms with Crippen molar-refractivity contribution in [2.75, 3.05) is 5.32 Å². The highest BCUT2D eigenvalue weighted by Gasteiger charge is 2.16. The lowest BCUT2D eigenvalue weighted by Crippen LogP contribution is -2.24. The topological polar surface area (TPSA) is 64.7 Å². The van der Waals surface area contributed by atoms with Crippen molar-refractivity contribution in [1.82, 2.24) is 19.3 Å². The fourth-order valence-electron chi connectivity index (χ4n) is 2.89. The molecule has 0 spiro atoms. The summed E-state index contributed by atoms with van der Waals surface area (Å²) in [6.45, 7) is 8.90. The predicted octanol–water partition coefficient (Wildman–Crippen LogP) is 3.32. The van der Waals surface area contributed by atoms with E-state index in [1.165, 1.54) is 0 Å². The van der Waals surface area contributed by atoms with Crippen LogP contribution in [0.2, 0.25) is 0 Å². The minimum atomic E-state index is -0.367. The Hall–Kier alpha value is -2.63. The molecule has 0 aliphatic heterocycles. The van der Waals surface area contributed by atoms with Crippen molar-refractivity contribution in [1.29, 1.82) is 0 Å². The van der Waals surface area contributed by atoms with E-state index >= 15 is 0 Å². The molecule has 0 saturated heterocycles. The number of amides is 1. The summed E-state index contributed by atoms with van der Waals surface area (Å²) in [4.78, 5) is 17.1. The Labute approximate surface area is 141 Å². The van der Waals surface area contributed by atoms with E-state index in [4.69, 9.17) is 0 Å². The van der Waals surface area contributed by atoms with E-state index in [-0.39, 0.29) is 11.9 Å². The first-order valence-electron chi connectivity index (χ1n) is 8.34. The monoisotopic (exact) mass is 325 g/mol. The van der Waals surface area contributed by atoms with E-state index < -0.39 is 0 Å². The van der Waals surface area contributed by atoms with Crippen LogP contribution < -0.4 is 5.32 Å². The zero-order valence-corrected chi connectivity index (χ0v) is 14.6. The van der Waals surface area contributed by atoms with Crippen LogP contribution in [0.5, 0.6) is 0 Å². The molecule has 0 radical (unpaired) electrons. The van der Waals surface area contributed by atoms with E-state index in [0.29, 0.717) is 0 Å². The molecule has 2 aromatic heterocycles. The number of aromatic nitrogens is 4. The average Bonchev–Trinajstić information content (AvgIpc) is 3.16. The van der Waals surface area contributed by atoms with Gasteiger partial charge in [-0.05, 0) is 44.5 Å². The molecular formula is C18H23N5O. The van der Waals surface area contributed by atoms with Crippen LogP contribution in [-0.2, 0) is 17.8 Å². The van der Waals surface area contributed by atoms with Crippen molar-refractivity contribution in [3.05, 3.63) is 42.0 Å². The number of nitrogens with one attached hydrogen (secondary N) is 1. The predicted molar refractivity (Wildman–Crippen MR) is 95.1 cm³/mol. The zero-order valence-electron chi connectivity index (χ0n) is 14.6. The molecule has 0 aliphatic rings. The molecule has 0 bridgehead atoms. The number of benzene rings is 1. The first kappa shape index (κ1) is 16.2. The van der Waals surface area contributed by atoms with Crippen molar-refractivity contribution in [2.24, 2.45) is 0 Å². The summed E-state index contributed by atoms with van der Waals surface area (Å²) in [6.07, 6.45) is 4.50. The number of imidazole rings is 1. The number of hydrogen-bond donors (Lipinski definition) is 1. The van der Waals surface area contributed by atoms with E-state index in [1.54, 1.807) is 10.9 Å². The van der Waals surface area contributed by atoms with Gasteiger partial charge in [0.1, 0.15) is 11.9 Å². The zero-order chi connectivity index (χ0) is 17.3. The van der Waals surface area contributed by atoms with Crippen LogP contribution >= 0.6 is 0 Å². The van der Waals surface area contributed by atoms with E-state index in [0.717, 1.165) is 41.1 Å². The number of carbonyl (C=O) groups is 1. The summed E-state index contributed by atoms with van der Waals surface area (Å²) in [5.41, 5.74) is 3.80. The van der Waals surface area contributed by atoms with Gasteiger partial charge in [0.15, 0.2) is 0 Å². The third kappa shape index (κ3) is 2.91. The molecule has 6 heteroatoms. The molecule has 0 saturated carbocycles. The molecule has 126 valence electrons. The van der Waals surface area contributed by atoms with Crippen LogP contribution in [0.3, 0.4) is 0 Å². The smallest absolute Gasteiger partial charge is 0.248 e. The van der Waals surface area contributed by atoms with Crippen LogP contribution in [-0.4, -0.2) is 25.2 Å². The summed E-state index contributed by atoms with van der Waals surface area (Å²) in [6, 6.07) is 5.51. The van der Waals surface area contributed by atoms with Crippen LogP contribution in [0.1, 0.15) is 38.2 Å². The Kier molecular flexibility index (Phi) is 4.38. The number of fused-ring (bicyclic) bond motifs is 1. The fourth-order valence-corrected chi connectivity index (χ4v) is 2.89. The molecule has 3 rings (SSSR count). The molecule has 1 unspecified atom stereocenters. The summed E-state index contributed by atoms with van der Waals surface area (Å²) in [5, 5.41) is 7.16. The second-order valence-electron chi connectivity index (χ2n) is 5.99. The van der Waals surface area contributed by atoms with Gasteiger partial charge in [-0.3, -0.25) is 9.48 Å². The lowest BCUT2D eigenvalue weighted by atomic mass is 10.2. The highest BCUT2D eigenvalue weighted by atomic mass is 16.2. The SMILES string of the molecule is CCc1nc2cc(NC(=O)C(C)n3cc(C)cn3)ccc2n1CC. The first-order chi connectivity index (χ1) is 11.5. The third-order valence-corrected chi connectivity index (χ3v) is 4.23. The van der Waals surface area contributed by atoms with Crippen LogP contribution in [0.25, 0.3) is 11.0 Å². The molecule has 0 aliphatic carbocycles. The van der Waals surface area contributed by atoms with E-state index in [9.17, 15) is 4.79 Å². The Morgan fingerprint density at radius 1 is 1.33 bits per heavy atom. The minimum absolute atomic E-state index is 0.0944. The number of aryl methyl sites for hydroxylation is 3. The molecule has 24 heavy (non-hydrogen) atoms. The Morgan fingerprint density at radius 3 is 2.75 bits per heavy atom. The van der Waals surface area contributed by atoms with E-state index in [2.05, 4.69) is 33.8 Å². The fraction of sp³-hybridized carbons (Fsp3) is 0.389. The lowest BCUT2D eigenvalue weighted by Gasteiger charge is -2.12. The van der Waals surface area contributed by atoms with Gasteiger partial charge in [-0.1, -0.05) is 6.92 Å². The molecule has 1 aromatic carbocycles. The Balaban J connectivity index is 1.83. The number of rotatable bonds is 5. The van der Waals surface area contributed by atoms with Crippen LogP contribution in [0.4, 0.5) is 5.69 Å². The van der Waals surface area contributed by atoms with Gasteiger partial charge in [-0.25, -0.2) is 4.98 Å². The van der Waals surface area contributed by atoms with Gasteiger partial charge in [0, 0.05) is 24.8 Å². The van der Waals surface area contributed by atoms with Gasteiger partial charge in [-0.15, -0.1) is 0 Å². The highest BCUT2D eigenvalue weighted by molar-refractivity contribution is 5.95. The van der Waals surface area contributed by atoms with Gasteiger partial charge in [0.05, 0.1) is 17.2 Å². The van der Waals surface area contributed by atoms with Crippen LogP contribution in [0.15, 0.2) is 30.6 Å². The molecule has 2 heterocycles. The Morgan fingerprint density at radius 2 is 2.12 bits per heavy atom. The lowest BCUT2D eigenvalue weighted by molar-refractivity contribution is -0.119. The highest BCUT2D eigenvalue weighted by Crippen LogP contribution is 2.22. The van der Waals surface area contributed by atoms with Gasteiger partial charge in [0.25, 0.3) is 0 Å². The largest absolute Gasteiger partial charge is 0.328 e. The van der Waals surface area contributed by atoms with Gasteiger partial charge >= 0.3 is 0 Å². The number of hydrogen-bond acceptors (Lipinski definition) is 3. The molecule has 1 N–H and O–H groups in total. The van der Waals surface area contributed by atoms with E-state index in [1.807, 2.05) is 38.2 Å². The van der Waals surface area contributed by atoms with Gasteiger partial charge < -0.3 is 9.88 Å². The van der Waals surface area contributed by atoms with Gasteiger partial charge in [0.2, 0.25) is 5.91 Å². The van der Waals surface area contributed by atoms with Crippen molar-refractivity contribution in [3.63, 3.8) is 0 Å². The minimum Gasteiger partial charge on any atom is -0.328 e. The summed E-state index contributed by atoms with van der Waals surface area (Å²) in [7, 11) is 0. The second kappa shape index (κ2) is 6.47. The summed E-state index contributed by atoms with van der Waals surface area (Å²) < 4.78 is 3.88. The van der Waals surface area contributed by atoms with Gasteiger partial charge in [-0.2, -0.15) is 5.10 Å². The molecule has 1 amide bonds. The summed E-state index contributed by atoms with van der Waals surface area (Å²) >= 11 is 0.